The van der Waals surface area contributed by atoms with Gasteiger partial charge in [0, 0.05) is 5.92 Å². The highest BCUT2D eigenvalue weighted by Crippen LogP contribution is 2.30. The summed E-state index contributed by atoms with van der Waals surface area (Å²) in [5, 5.41) is 0. The smallest absolute Gasteiger partial charge is 0.00666 e. The molecule has 2 aromatic carbocycles. The minimum absolute atomic E-state index is 0.391. The topological polar surface area (TPSA) is 0 Å². The van der Waals surface area contributed by atoms with Gasteiger partial charge in [-0.25, -0.2) is 0 Å². The second-order valence-corrected chi connectivity index (χ2v) is 5.10. The normalized spacial score (nSPS) is 10.5. The van der Waals surface area contributed by atoms with E-state index in [4.69, 9.17) is 0 Å². The van der Waals surface area contributed by atoms with Gasteiger partial charge < -0.3 is 0 Å². The molecule has 0 nitrogen and oxygen atoms in total. The molecular weight excluding hydrogens is 240 g/mol. The predicted molar refractivity (Wildman–Crippen MR) is 88.2 cm³/mol. The average Bonchev–Trinajstić information content (AvgIpc) is 2.48. The van der Waals surface area contributed by atoms with Crippen LogP contribution in [0.25, 0.3) is 0 Å². The Morgan fingerprint density at radius 2 is 1.20 bits per heavy atom. The van der Waals surface area contributed by atoms with Crippen molar-refractivity contribution in [3.63, 3.8) is 0 Å². The van der Waals surface area contributed by atoms with Crippen LogP contribution in [-0.4, -0.2) is 0 Å². The quantitative estimate of drug-likeness (QED) is 0.620. The molecule has 0 unspecified atom stereocenters. The molecular formula is C20H22. The zero-order valence-corrected chi connectivity index (χ0v) is 12.2. The van der Waals surface area contributed by atoms with Crippen molar-refractivity contribution in [2.75, 3.05) is 0 Å². The summed E-state index contributed by atoms with van der Waals surface area (Å²) in [4.78, 5) is 0. The monoisotopic (exact) mass is 262 g/mol. The molecule has 2 aromatic rings. The number of rotatable bonds is 6. The van der Waals surface area contributed by atoms with Gasteiger partial charge in [0.2, 0.25) is 0 Å². The molecule has 0 aromatic heterocycles. The summed E-state index contributed by atoms with van der Waals surface area (Å²) in [5.41, 5.74) is 5.51. The summed E-state index contributed by atoms with van der Waals surface area (Å²) in [7, 11) is 0. The number of hydrogen-bond donors (Lipinski definition) is 0. The van der Waals surface area contributed by atoms with E-state index >= 15 is 0 Å². The molecule has 0 spiro atoms. The Bertz CT molecular complexity index is 539. The molecule has 0 heteroatoms. The third-order valence-electron chi connectivity index (χ3n) is 3.77. The van der Waals surface area contributed by atoms with Gasteiger partial charge in [-0.1, -0.05) is 67.6 Å². The summed E-state index contributed by atoms with van der Waals surface area (Å²) in [6.07, 6.45) is 5.79. The van der Waals surface area contributed by atoms with E-state index in [1.165, 1.54) is 22.3 Å². The lowest BCUT2D eigenvalue weighted by Crippen LogP contribution is -2.03. The maximum absolute atomic E-state index is 3.86. The minimum Gasteiger partial charge on any atom is -0.103 e. The van der Waals surface area contributed by atoms with Gasteiger partial charge in [-0.05, 0) is 35.1 Å². The lowest BCUT2D eigenvalue weighted by Gasteiger charge is -2.19. The van der Waals surface area contributed by atoms with Crippen LogP contribution in [0.5, 0.6) is 0 Å². The summed E-state index contributed by atoms with van der Waals surface area (Å²) in [5.74, 6) is 0.391. The number of allylic oxidation sites excluding steroid dienone is 2. The molecule has 0 aliphatic rings. The summed E-state index contributed by atoms with van der Waals surface area (Å²) in [6, 6.07) is 17.3. The Labute approximate surface area is 122 Å². The Morgan fingerprint density at radius 3 is 1.60 bits per heavy atom. The van der Waals surface area contributed by atoms with Gasteiger partial charge in [0.1, 0.15) is 0 Å². The fourth-order valence-electron chi connectivity index (χ4n) is 2.76. The predicted octanol–water partition coefficient (Wildman–Crippen LogP) is 5.30. The molecule has 0 saturated carbocycles. The third kappa shape index (κ3) is 3.08. The van der Waals surface area contributed by atoms with Crippen LogP contribution in [0.3, 0.4) is 0 Å². The van der Waals surface area contributed by atoms with Crippen LogP contribution in [0.1, 0.15) is 35.1 Å². The largest absolute Gasteiger partial charge is 0.103 e. The Kier molecular flexibility index (Phi) is 4.95. The first-order chi connectivity index (χ1) is 9.77. The van der Waals surface area contributed by atoms with Crippen LogP contribution in [0.4, 0.5) is 0 Å². The first-order valence-corrected chi connectivity index (χ1v) is 7.15. The highest BCUT2D eigenvalue weighted by atomic mass is 14.2. The molecule has 0 saturated heterocycles. The third-order valence-corrected chi connectivity index (χ3v) is 3.77. The van der Waals surface area contributed by atoms with Crippen molar-refractivity contribution < 1.29 is 0 Å². The van der Waals surface area contributed by atoms with Crippen molar-refractivity contribution in [2.45, 2.75) is 25.7 Å². The molecule has 0 bridgehead atoms. The summed E-state index contributed by atoms with van der Waals surface area (Å²) < 4.78 is 0. The van der Waals surface area contributed by atoms with Crippen molar-refractivity contribution in [1.29, 1.82) is 0 Å². The highest BCUT2D eigenvalue weighted by molar-refractivity contribution is 5.42. The molecule has 0 atom stereocenters. The van der Waals surface area contributed by atoms with Crippen LogP contribution in [0.15, 0.2) is 73.8 Å². The van der Waals surface area contributed by atoms with Gasteiger partial charge in [0.25, 0.3) is 0 Å². The van der Waals surface area contributed by atoms with Crippen LogP contribution >= 0.6 is 0 Å². The fourth-order valence-corrected chi connectivity index (χ4v) is 2.76. The van der Waals surface area contributed by atoms with Crippen molar-refractivity contribution in [3.05, 3.63) is 96.1 Å². The number of benzene rings is 2. The summed E-state index contributed by atoms with van der Waals surface area (Å²) >= 11 is 0. The van der Waals surface area contributed by atoms with Gasteiger partial charge in [-0.15, -0.1) is 13.2 Å². The van der Waals surface area contributed by atoms with Crippen LogP contribution in [0, 0.1) is 0 Å². The van der Waals surface area contributed by atoms with E-state index in [1.54, 1.807) is 0 Å². The van der Waals surface area contributed by atoms with Gasteiger partial charge in [0.05, 0.1) is 0 Å². The molecule has 0 radical (unpaired) electrons. The molecule has 0 amide bonds. The molecule has 102 valence electrons. The molecule has 0 aliphatic heterocycles. The average molecular weight is 262 g/mol. The minimum atomic E-state index is 0.391. The van der Waals surface area contributed by atoms with Gasteiger partial charge in [-0.2, -0.15) is 0 Å². The molecule has 0 N–H and O–H groups in total. The lowest BCUT2D eigenvalue weighted by atomic mass is 9.85. The van der Waals surface area contributed by atoms with Crippen LogP contribution < -0.4 is 0 Å². The first-order valence-electron chi connectivity index (χ1n) is 7.15. The van der Waals surface area contributed by atoms with Crippen molar-refractivity contribution in [2.24, 2.45) is 0 Å². The molecule has 0 heterocycles. The standard InChI is InChI=1S/C20H22/c1-4-10-17-12-6-8-14-19(17)16(3)20-15-9-7-13-18(20)11-5-2/h4-9,12-16H,1-2,10-11H2,3H3. The van der Waals surface area contributed by atoms with Gasteiger partial charge in [0.15, 0.2) is 0 Å². The van der Waals surface area contributed by atoms with Gasteiger partial charge >= 0.3 is 0 Å². The van der Waals surface area contributed by atoms with E-state index in [9.17, 15) is 0 Å². The van der Waals surface area contributed by atoms with Crippen LogP contribution in [0.2, 0.25) is 0 Å². The van der Waals surface area contributed by atoms with Gasteiger partial charge in [-0.3, -0.25) is 0 Å². The van der Waals surface area contributed by atoms with Crippen molar-refractivity contribution in [1.82, 2.24) is 0 Å². The van der Waals surface area contributed by atoms with E-state index in [0.29, 0.717) is 5.92 Å². The van der Waals surface area contributed by atoms with E-state index in [0.717, 1.165) is 12.8 Å². The van der Waals surface area contributed by atoms with E-state index in [-0.39, 0.29) is 0 Å². The van der Waals surface area contributed by atoms with Crippen molar-refractivity contribution in [3.8, 4) is 0 Å². The Morgan fingerprint density at radius 1 is 0.800 bits per heavy atom. The SMILES string of the molecule is C=CCc1ccccc1C(C)c1ccccc1CC=C. The first kappa shape index (κ1) is 14.3. The van der Waals surface area contributed by atoms with E-state index in [1.807, 2.05) is 12.2 Å². The Balaban J connectivity index is 2.43. The second-order valence-electron chi connectivity index (χ2n) is 5.10. The number of hydrogen-bond acceptors (Lipinski definition) is 0. The zero-order chi connectivity index (χ0) is 14.4. The highest BCUT2D eigenvalue weighted by Gasteiger charge is 2.14. The van der Waals surface area contributed by atoms with Crippen molar-refractivity contribution >= 4 is 0 Å². The zero-order valence-electron chi connectivity index (χ0n) is 12.2. The fraction of sp³-hybridized carbons (Fsp3) is 0.200. The molecule has 0 aliphatic carbocycles. The molecule has 0 fully saturated rings. The maximum atomic E-state index is 3.86. The molecule has 2 rings (SSSR count). The van der Waals surface area contributed by atoms with Crippen LogP contribution in [-0.2, 0) is 12.8 Å². The summed E-state index contributed by atoms with van der Waals surface area (Å²) in [6.45, 7) is 10.0. The van der Waals surface area contributed by atoms with E-state index in [2.05, 4.69) is 68.6 Å². The van der Waals surface area contributed by atoms with E-state index < -0.39 is 0 Å². The maximum Gasteiger partial charge on any atom is 0.00666 e. The lowest BCUT2D eigenvalue weighted by molar-refractivity contribution is 0.885. The Hall–Kier alpha value is -2.08. The second kappa shape index (κ2) is 6.91. The molecule has 20 heavy (non-hydrogen) atoms.